The molecular formula is C12H19NO4. The van der Waals surface area contributed by atoms with Crippen molar-refractivity contribution < 1.29 is 19.4 Å². The van der Waals surface area contributed by atoms with E-state index in [1.165, 1.54) is 13.0 Å². The molecule has 0 radical (unpaired) electrons. The van der Waals surface area contributed by atoms with E-state index in [0.717, 1.165) is 6.42 Å². The van der Waals surface area contributed by atoms with E-state index in [4.69, 9.17) is 15.6 Å². The number of primary amides is 1. The van der Waals surface area contributed by atoms with E-state index in [9.17, 15) is 9.59 Å². The van der Waals surface area contributed by atoms with Crippen LogP contribution in [0, 0.1) is 0 Å². The van der Waals surface area contributed by atoms with Gasteiger partial charge in [0, 0.05) is 11.1 Å². The van der Waals surface area contributed by atoms with Crippen LogP contribution in [0.2, 0.25) is 0 Å². The van der Waals surface area contributed by atoms with E-state index in [-0.39, 0.29) is 5.57 Å². The van der Waals surface area contributed by atoms with Crippen molar-refractivity contribution in [2.75, 3.05) is 6.61 Å². The molecule has 5 heteroatoms. The fourth-order valence-corrected chi connectivity index (χ4v) is 1.14. The molecule has 0 heterocycles. The first-order valence-electron chi connectivity index (χ1n) is 5.40. The third-order valence-electron chi connectivity index (χ3n) is 2.01. The van der Waals surface area contributed by atoms with Gasteiger partial charge in [-0.3, -0.25) is 4.79 Å². The molecule has 0 spiro atoms. The first-order valence-corrected chi connectivity index (χ1v) is 5.40. The number of hydrogen-bond donors (Lipinski definition) is 2. The molecule has 0 aliphatic carbocycles. The quantitative estimate of drug-likeness (QED) is 0.506. The summed E-state index contributed by atoms with van der Waals surface area (Å²) in [6.45, 7) is 6.42. The lowest BCUT2D eigenvalue weighted by Gasteiger charge is -2.13. The molecule has 0 rings (SSSR count). The van der Waals surface area contributed by atoms with Crippen LogP contribution < -0.4 is 5.73 Å². The number of amides is 1. The number of carbonyl (C=O) groups excluding carboxylic acids is 2. The molecule has 0 saturated carbocycles. The van der Waals surface area contributed by atoms with E-state index >= 15 is 0 Å². The largest absolute Gasteiger partial charge is 0.452 e. The Labute approximate surface area is 101 Å². The first kappa shape index (κ1) is 15.4. The average Bonchev–Trinajstić information content (AvgIpc) is 2.26. The maximum Gasteiger partial charge on any atom is 0.333 e. The molecule has 1 atom stereocenters. The van der Waals surface area contributed by atoms with Crippen LogP contribution in [-0.2, 0) is 14.3 Å². The maximum absolute atomic E-state index is 11.2. The zero-order chi connectivity index (χ0) is 13.4. The highest BCUT2D eigenvalue weighted by atomic mass is 16.5. The van der Waals surface area contributed by atoms with E-state index in [1.807, 2.05) is 6.92 Å². The number of carbonyl (C=O) groups is 2. The fraction of sp³-hybridized carbons (Fsp3) is 0.500. The smallest absolute Gasteiger partial charge is 0.333 e. The SMILES string of the molecule is C=C(C)C(=O)OC(/C=C(\CCC)C(N)=O)CO. The minimum atomic E-state index is -0.867. The zero-order valence-corrected chi connectivity index (χ0v) is 10.2. The molecule has 0 aliphatic rings. The van der Waals surface area contributed by atoms with Gasteiger partial charge in [0.25, 0.3) is 0 Å². The second-order valence-electron chi connectivity index (χ2n) is 3.71. The molecule has 0 saturated heterocycles. The molecule has 17 heavy (non-hydrogen) atoms. The van der Waals surface area contributed by atoms with Gasteiger partial charge in [0.1, 0.15) is 6.10 Å². The lowest BCUT2D eigenvalue weighted by atomic mass is 10.1. The number of nitrogens with two attached hydrogens (primary N) is 1. The second-order valence-corrected chi connectivity index (χ2v) is 3.71. The van der Waals surface area contributed by atoms with Gasteiger partial charge in [0.2, 0.25) is 5.91 Å². The normalized spacial score (nSPS) is 13.0. The summed E-state index contributed by atoms with van der Waals surface area (Å²) in [6.07, 6.45) is 1.73. The van der Waals surface area contributed by atoms with Gasteiger partial charge in [-0.15, -0.1) is 0 Å². The summed E-state index contributed by atoms with van der Waals surface area (Å²) in [7, 11) is 0. The topological polar surface area (TPSA) is 89.6 Å². The standard InChI is InChI=1S/C12H19NO4/c1-4-5-9(11(13)15)6-10(7-14)17-12(16)8(2)3/h6,10,14H,2,4-5,7H2,1,3H3,(H2,13,15)/b9-6+. The third kappa shape index (κ3) is 5.87. The molecule has 1 unspecified atom stereocenters. The van der Waals surface area contributed by atoms with Crippen LogP contribution in [0.25, 0.3) is 0 Å². The fourth-order valence-electron chi connectivity index (χ4n) is 1.14. The highest BCUT2D eigenvalue weighted by Gasteiger charge is 2.14. The van der Waals surface area contributed by atoms with Gasteiger partial charge in [-0.05, 0) is 19.4 Å². The van der Waals surface area contributed by atoms with Gasteiger partial charge < -0.3 is 15.6 Å². The van der Waals surface area contributed by atoms with Crippen molar-refractivity contribution in [2.24, 2.45) is 5.73 Å². The summed E-state index contributed by atoms with van der Waals surface area (Å²) in [5.41, 5.74) is 5.75. The lowest BCUT2D eigenvalue weighted by molar-refractivity contribution is -0.143. The molecular weight excluding hydrogens is 222 g/mol. The van der Waals surface area contributed by atoms with Crippen molar-refractivity contribution in [3.63, 3.8) is 0 Å². The van der Waals surface area contributed by atoms with Crippen molar-refractivity contribution >= 4 is 11.9 Å². The highest BCUT2D eigenvalue weighted by molar-refractivity contribution is 5.92. The summed E-state index contributed by atoms with van der Waals surface area (Å²) in [5.74, 6) is -1.18. The average molecular weight is 241 g/mol. The Hall–Kier alpha value is -1.62. The van der Waals surface area contributed by atoms with E-state index in [1.54, 1.807) is 0 Å². The molecule has 0 aromatic rings. The molecule has 3 N–H and O–H groups in total. The van der Waals surface area contributed by atoms with Crippen molar-refractivity contribution in [3.8, 4) is 0 Å². The summed E-state index contributed by atoms with van der Waals surface area (Å²) in [6, 6.07) is 0. The lowest BCUT2D eigenvalue weighted by Crippen LogP contribution is -2.23. The molecule has 0 bridgehead atoms. The van der Waals surface area contributed by atoms with Gasteiger partial charge in [0.15, 0.2) is 0 Å². The highest BCUT2D eigenvalue weighted by Crippen LogP contribution is 2.08. The van der Waals surface area contributed by atoms with Gasteiger partial charge in [-0.2, -0.15) is 0 Å². The Balaban J connectivity index is 4.74. The van der Waals surface area contributed by atoms with Crippen LogP contribution in [0.5, 0.6) is 0 Å². The van der Waals surface area contributed by atoms with Crippen LogP contribution in [0.3, 0.4) is 0 Å². The Bertz CT molecular complexity index is 333. The number of hydrogen-bond acceptors (Lipinski definition) is 4. The van der Waals surface area contributed by atoms with Gasteiger partial charge in [-0.25, -0.2) is 4.79 Å². The number of rotatable bonds is 7. The minimum absolute atomic E-state index is 0.230. The van der Waals surface area contributed by atoms with Crippen LogP contribution >= 0.6 is 0 Å². The third-order valence-corrected chi connectivity index (χ3v) is 2.01. The molecule has 5 nitrogen and oxygen atoms in total. The van der Waals surface area contributed by atoms with Crippen molar-refractivity contribution in [1.29, 1.82) is 0 Å². The van der Waals surface area contributed by atoms with Crippen molar-refractivity contribution in [3.05, 3.63) is 23.8 Å². The molecule has 0 aromatic heterocycles. The predicted octanol–water partition coefficient (Wildman–Crippen LogP) is 0.678. The van der Waals surface area contributed by atoms with Gasteiger partial charge >= 0.3 is 5.97 Å². The zero-order valence-electron chi connectivity index (χ0n) is 10.2. The molecule has 0 aromatic carbocycles. The number of aliphatic hydroxyl groups excluding tert-OH is 1. The Morgan fingerprint density at radius 2 is 2.12 bits per heavy atom. The minimum Gasteiger partial charge on any atom is -0.452 e. The second kappa shape index (κ2) is 7.62. The van der Waals surface area contributed by atoms with Crippen LogP contribution in [0.4, 0.5) is 0 Å². The van der Waals surface area contributed by atoms with E-state index in [0.29, 0.717) is 12.0 Å². The molecule has 1 amide bonds. The monoisotopic (exact) mass is 241 g/mol. The van der Waals surface area contributed by atoms with Crippen molar-refractivity contribution in [2.45, 2.75) is 32.8 Å². The summed E-state index contributed by atoms with van der Waals surface area (Å²) >= 11 is 0. The van der Waals surface area contributed by atoms with Crippen molar-refractivity contribution in [1.82, 2.24) is 0 Å². The molecule has 0 fully saturated rings. The predicted molar refractivity (Wildman–Crippen MR) is 64.0 cm³/mol. The van der Waals surface area contributed by atoms with Crippen LogP contribution in [-0.4, -0.2) is 29.7 Å². The van der Waals surface area contributed by atoms with Gasteiger partial charge in [-0.1, -0.05) is 19.9 Å². The summed E-state index contributed by atoms with van der Waals surface area (Å²) in [5, 5.41) is 9.05. The number of aliphatic hydroxyl groups is 1. The number of esters is 1. The van der Waals surface area contributed by atoms with Crippen LogP contribution in [0.15, 0.2) is 23.8 Å². The Morgan fingerprint density at radius 1 is 1.53 bits per heavy atom. The van der Waals surface area contributed by atoms with E-state index < -0.39 is 24.6 Å². The Kier molecular flexibility index (Phi) is 6.89. The summed E-state index contributed by atoms with van der Waals surface area (Å²) in [4.78, 5) is 22.3. The van der Waals surface area contributed by atoms with E-state index in [2.05, 4.69) is 6.58 Å². The summed E-state index contributed by atoms with van der Waals surface area (Å²) < 4.78 is 4.92. The maximum atomic E-state index is 11.2. The molecule has 0 aliphatic heterocycles. The van der Waals surface area contributed by atoms with Gasteiger partial charge in [0.05, 0.1) is 6.61 Å². The Morgan fingerprint density at radius 3 is 2.47 bits per heavy atom. The first-order chi connectivity index (χ1) is 7.92. The van der Waals surface area contributed by atoms with Crippen LogP contribution in [0.1, 0.15) is 26.7 Å². The molecule has 96 valence electrons. The number of ether oxygens (including phenoxy) is 1.